The van der Waals surface area contributed by atoms with Gasteiger partial charge in [-0.15, -0.1) is 10.2 Å². The Balaban J connectivity index is 1.53. The summed E-state index contributed by atoms with van der Waals surface area (Å²) in [5, 5.41) is 12.3. The number of carbonyl (C=O) groups is 2. The van der Waals surface area contributed by atoms with Crippen LogP contribution in [0.25, 0.3) is 5.69 Å². The second-order valence-corrected chi connectivity index (χ2v) is 9.56. The van der Waals surface area contributed by atoms with Crippen LogP contribution in [-0.2, 0) is 4.79 Å². The fraction of sp³-hybridized carbons (Fsp3) is 0.385. The van der Waals surface area contributed by atoms with Crippen molar-refractivity contribution in [2.24, 2.45) is 0 Å². The Bertz CT molecular complexity index is 1160. The maximum Gasteiger partial charge on any atom is 0.224 e. The monoisotopic (exact) mass is 495 g/mol. The summed E-state index contributed by atoms with van der Waals surface area (Å²) < 4.78 is 15.5. The van der Waals surface area contributed by atoms with Gasteiger partial charge in [-0.05, 0) is 81.4 Å². The lowest BCUT2D eigenvalue weighted by Crippen LogP contribution is -2.33. The van der Waals surface area contributed by atoms with E-state index in [9.17, 15) is 14.0 Å². The van der Waals surface area contributed by atoms with Gasteiger partial charge in [0.1, 0.15) is 5.82 Å². The molecule has 0 spiro atoms. The van der Waals surface area contributed by atoms with Gasteiger partial charge in [0.25, 0.3) is 0 Å². The van der Waals surface area contributed by atoms with Crippen LogP contribution in [0.2, 0.25) is 0 Å². The number of benzene rings is 2. The van der Waals surface area contributed by atoms with E-state index < -0.39 is 0 Å². The van der Waals surface area contributed by atoms with E-state index >= 15 is 0 Å². The van der Waals surface area contributed by atoms with E-state index in [-0.39, 0.29) is 29.3 Å². The number of anilines is 1. The number of hydrogen-bond acceptors (Lipinski definition) is 6. The third kappa shape index (κ3) is 6.15. The number of amides is 1. The molecule has 1 aromatic heterocycles. The van der Waals surface area contributed by atoms with Crippen molar-refractivity contribution < 1.29 is 14.0 Å². The number of hydrogen-bond donors (Lipinski definition) is 1. The second kappa shape index (κ2) is 11.6. The Labute approximate surface area is 209 Å². The van der Waals surface area contributed by atoms with Crippen molar-refractivity contribution in [2.45, 2.75) is 50.7 Å². The van der Waals surface area contributed by atoms with Crippen LogP contribution in [0.5, 0.6) is 0 Å². The van der Waals surface area contributed by atoms with Crippen molar-refractivity contribution in [3.05, 3.63) is 65.7 Å². The van der Waals surface area contributed by atoms with Gasteiger partial charge in [0.05, 0.1) is 11.8 Å². The highest BCUT2D eigenvalue weighted by Gasteiger charge is 2.26. The smallest absolute Gasteiger partial charge is 0.224 e. The molecular formula is C26H30FN5O2S. The van der Waals surface area contributed by atoms with E-state index in [4.69, 9.17) is 0 Å². The summed E-state index contributed by atoms with van der Waals surface area (Å²) >= 11 is 1.31. The number of likely N-dealkylation sites (tertiary alicyclic amines) is 1. The van der Waals surface area contributed by atoms with E-state index in [1.165, 1.54) is 30.3 Å². The summed E-state index contributed by atoms with van der Waals surface area (Å²) in [6, 6.07) is 13.2. The number of halogens is 1. The number of Topliss-reactive ketones (excluding diaryl/α,β-unsaturated/α-hetero) is 1. The standard InChI is InChI=1S/C26H30FN5O2S/c1-3-24(34)28-21-11-7-19(8-12-21)23(33)17-35-26-30-29-25(18(2)31-15-5-4-6-16-31)32(26)22-13-9-20(27)10-14-22/h7-14,18H,3-6,15-17H2,1-2H3,(H,28,34)/t18-/m1/s1. The maximum atomic E-state index is 13.6. The SMILES string of the molecule is CCC(=O)Nc1ccc(C(=O)CSc2nnc([C@@H](C)N3CCCCC3)n2-c2ccc(F)cc2)cc1. The van der Waals surface area contributed by atoms with Gasteiger partial charge < -0.3 is 5.32 Å². The number of carbonyl (C=O) groups excluding carboxylic acids is 2. The van der Waals surface area contributed by atoms with Gasteiger partial charge in [-0.25, -0.2) is 4.39 Å². The molecule has 184 valence electrons. The fourth-order valence-corrected chi connectivity index (χ4v) is 5.00. The molecule has 35 heavy (non-hydrogen) atoms. The van der Waals surface area contributed by atoms with Crippen LogP contribution in [-0.4, -0.2) is 50.2 Å². The molecule has 0 radical (unpaired) electrons. The van der Waals surface area contributed by atoms with Gasteiger partial charge in [0.15, 0.2) is 16.8 Å². The molecule has 0 unspecified atom stereocenters. The van der Waals surface area contributed by atoms with Gasteiger partial charge in [0, 0.05) is 23.4 Å². The molecule has 0 aliphatic carbocycles. The van der Waals surface area contributed by atoms with Crippen molar-refractivity contribution in [1.82, 2.24) is 19.7 Å². The molecule has 7 nitrogen and oxygen atoms in total. The van der Waals surface area contributed by atoms with E-state index in [1.807, 2.05) is 4.57 Å². The van der Waals surface area contributed by atoms with Crippen LogP contribution in [0, 0.1) is 5.82 Å². The summed E-state index contributed by atoms with van der Waals surface area (Å²) in [5.74, 6) is 0.523. The third-order valence-electron chi connectivity index (χ3n) is 6.20. The quantitative estimate of drug-likeness (QED) is 0.322. The molecule has 9 heteroatoms. The van der Waals surface area contributed by atoms with Crippen molar-refractivity contribution in [1.29, 1.82) is 0 Å². The van der Waals surface area contributed by atoms with Gasteiger partial charge in [-0.1, -0.05) is 25.1 Å². The number of thioether (sulfide) groups is 1. The molecule has 0 saturated carbocycles. The topological polar surface area (TPSA) is 80.1 Å². The number of nitrogens with zero attached hydrogens (tertiary/aromatic N) is 4. The van der Waals surface area contributed by atoms with E-state index in [1.54, 1.807) is 43.3 Å². The Morgan fingerprint density at radius 2 is 1.71 bits per heavy atom. The highest BCUT2D eigenvalue weighted by Crippen LogP contribution is 2.30. The van der Waals surface area contributed by atoms with Gasteiger partial charge >= 0.3 is 0 Å². The first-order chi connectivity index (χ1) is 17.0. The van der Waals surface area contributed by atoms with Crippen LogP contribution in [0.1, 0.15) is 61.8 Å². The van der Waals surface area contributed by atoms with Crippen molar-refractivity contribution in [3.8, 4) is 5.69 Å². The summed E-state index contributed by atoms with van der Waals surface area (Å²) in [5.41, 5.74) is 1.98. The first kappa shape index (κ1) is 25.1. The van der Waals surface area contributed by atoms with Crippen molar-refractivity contribution in [3.63, 3.8) is 0 Å². The molecule has 1 atom stereocenters. The molecule has 4 rings (SSSR count). The van der Waals surface area contributed by atoms with Crippen LogP contribution in [0.4, 0.5) is 10.1 Å². The van der Waals surface area contributed by atoms with E-state index in [0.29, 0.717) is 22.8 Å². The lowest BCUT2D eigenvalue weighted by molar-refractivity contribution is -0.115. The first-order valence-corrected chi connectivity index (χ1v) is 13.0. The van der Waals surface area contributed by atoms with Crippen LogP contribution in [0.15, 0.2) is 53.7 Å². The van der Waals surface area contributed by atoms with Crippen LogP contribution in [0.3, 0.4) is 0 Å². The number of piperidine rings is 1. The van der Waals surface area contributed by atoms with Crippen LogP contribution < -0.4 is 5.32 Å². The predicted octanol–water partition coefficient (Wildman–Crippen LogP) is 5.28. The lowest BCUT2D eigenvalue weighted by atomic mass is 10.1. The molecule has 2 aromatic carbocycles. The zero-order valence-electron chi connectivity index (χ0n) is 20.0. The van der Waals surface area contributed by atoms with Crippen molar-refractivity contribution in [2.75, 3.05) is 24.2 Å². The zero-order chi connectivity index (χ0) is 24.8. The average Bonchev–Trinajstić information content (AvgIpc) is 3.32. The molecule has 2 heterocycles. The minimum Gasteiger partial charge on any atom is -0.326 e. The molecule has 1 fully saturated rings. The summed E-state index contributed by atoms with van der Waals surface area (Å²) in [4.78, 5) is 26.8. The minimum atomic E-state index is -0.310. The zero-order valence-corrected chi connectivity index (χ0v) is 20.9. The van der Waals surface area contributed by atoms with Gasteiger partial charge in [0.2, 0.25) is 5.91 Å². The second-order valence-electron chi connectivity index (χ2n) is 8.62. The molecule has 1 N–H and O–H groups in total. The molecule has 0 bridgehead atoms. The predicted molar refractivity (Wildman–Crippen MR) is 136 cm³/mol. The van der Waals surface area contributed by atoms with Crippen molar-refractivity contribution >= 4 is 29.1 Å². The third-order valence-corrected chi connectivity index (χ3v) is 7.13. The molecular weight excluding hydrogens is 465 g/mol. The molecule has 1 aliphatic rings. The number of nitrogens with one attached hydrogen (secondary N) is 1. The number of aromatic nitrogens is 3. The maximum absolute atomic E-state index is 13.6. The largest absolute Gasteiger partial charge is 0.326 e. The van der Waals surface area contributed by atoms with E-state index in [2.05, 4.69) is 27.3 Å². The Morgan fingerprint density at radius 1 is 1.03 bits per heavy atom. The van der Waals surface area contributed by atoms with Crippen LogP contribution >= 0.6 is 11.8 Å². The highest BCUT2D eigenvalue weighted by molar-refractivity contribution is 7.99. The average molecular weight is 496 g/mol. The first-order valence-electron chi connectivity index (χ1n) is 12.0. The molecule has 3 aromatic rings. The normalized spacial score (nSPS) is 15.1. The summed E-state index contributed by atoms with van der Waals surface area (Å²) in [6.07, 6.45) is 3.95. The van der Waals surface area contributed by atoms with Gasteiger partial charge in [-0.2, -0.15) is 0 Å². The van der Waals surface area contributed by atoms with Gasteiger partial charge in [-0.3, -0.25) is 19.1 Å². The highest BCUT2D eigenvalue weighted by atomic mass is 32.2. The number of ketones is 1. The Hall–Kier alpha value is -3.04. The Kier molecular flexibility index (Phi) is 8.30. The molecule has 1 amide bonds. The lowest BCUT2D eigenvalue weighted by Gasteiger charge is -2.31. The minimum absolute atomic E-state index is 0.0452. The summed E-state index contributed by atoms with van der Waals surface area (Å²) in [6.45, 7) is 5.92. The molecule has 1 saturated heterocycles. The fourth-order valence-electron chi connectivity index (χ4n) is 4.15. The summed E-state index contributed by atoms with van der Waals surface area (Å²) in [7, 11) is 0. The molecule has 1 aliphatic heterocycles. The Morgan fingerprint density at radius 3 is 2.37 bits per heavy atom. The number of rotatable bonds is 9. The van der Waals surface area contributed by atoms with E-state index in [0.717, 1.165) is 37.4 Å².